The molecule has 0 heterocycles. The van der Waals surface area contributed by atoms with E-state index in [1.54, 1.807) is 66.7 Å². The number of methoxy groups -OCH3 is 2. The van der Waals surface area contributed by atoms with Crippen LogP contribution in [0.2, 0.25) is 5.02 Å². The van der Waals surface area contributed by atoms with Crippen LogP contribution in [0.5, 0.6) is 11.5 Å². The molecule has 0 aromatic heterocycles. The lowest BCUT2D eigenvalue weighted by molar-refractivity contribution is 0.102. The topological polar surface area (TPSA) is 76.7 Å². The van der Waals surface area contributed by atoms with Crippen molar-refractivity contribution in [2.24, 2.45) is 0 Å². The number of hydrogen-bond donors (Lipinski definition) is 2. The molecule has 148 valence electrons. The van der Waals surface area contributed by atoms with E-state index in [1.807, 2.05) is 0 Å². The second kappa shape index (κ2) is 9.12. The van der Waals surface area contributed by atoms with Crippen LogP contribution in [0, 0.1) is 0 Å². The fourth-order valence-electron chi connectivity index (χ4n) is 2.69. The van der Waals surface area contributed by atoms with Crippen LogP contribution in [0.25, 0.3) is 0 Å². The maximum absolute atomic E-state index is 12.7. The van der Waals surface area contributed by atoms with Crippen molar-refractivity contribution in [2.75, 3.05) is 24.9 Å². The van der Waals surface area contributed by atoms with Crippen LogP contribution in [0.15, 0.2) is 66.7 Å². The molecule has 0 aliphatic rings. The van der Waals surface area contributed by atoms with Crippen LogP contribution in [0.3, 0.4) is 0 Å². The number of hydrogen-bond acceptors (Lipinski definition) is 4. The minimum Gasteiger partial charge on any atom is -0.493 e. The molecule has 3 rings (SSSR count). The summed E-state index contributed by atoms with van der Waals surface area (Å²) in [6, 6.07) is 18.4. The predicted molar refractivity (Wildman–Crippen MR) is 113 cm³/mol. The molecule has 6 nitrogen and oxygen atoms in total. The zero-order chi connectivity index (χ0) is 20.8. The Balaban J connectivity index is 1.80. The monoisotopic (exact) mass is 410 g/mol. The SMILES string of the molecule is COc1ccc(C(=O)Nc2ccccc2C(=O)Nc2ccc(Cl)cc2)cc1OC. The summed E-state index contributed by atoms with van der Waals surface area (Å²) in [4.78, 5) is 25.4. The van der Waals surface area contributed by atoms with E-state index in [0.717, 1.165) is 0 Å². The normalized spacial score (nSPS) is 10.2. The third-order valence-corrected chi connectivity index (χ3v) is 4.42. The zero-order valence-electron chi connectivity index (χ0n) is 15.9. The summed E-state index contributed by atoms with van der Waals surface area (Å²) in [5, 5.41) is 6.14. The minimum atomic E-state index is -0.377. The average Bonchev–Trinajstić information content (AvgIpc) is 2.75. The van der Waals surface area contributed by atoms with E-state index in [-0.39, 0.29) is 11.8 Å². The summed E-state index contributed by atoms with van der Waals surface area (Å²) >= 11 is 5.87. The van der Waals surface area contributed by atoms with Gasteiger partial charge in [-0.25, -0.2) is 0 Å². The maximum atomic E-state index is 12.7. The van der Waals surface area contributed by atoms with Gasteiger partial charge in [0, 0.05) is 16.3 Å². The number of rotatable bonds is 6. The van der Waals surface area contributed by atoms with E-state index in [4.69, 9.17) is 21.1 Å². The second-order valence-corrected chi connectivity index (χ2v) is 6.47. The highest BCUT2D eigenvalue weighted by molar-refractivity contribution is 6.30. The van der Waals surface area contributed by atoms with Crippen molar-refractivity contribution in [3.8, 4) is 11.5 Å². The fraction of sp³-hybridized carbons (Fsp3) is 0.0909. The molecule has 7 heteroatoms. The van der Waals surface area contributed by atoms with Crippen molar-refractivity contribution < 1.29 is 19.1 Å². The van der Waals surface area contributed by atoms with Gasteiger partial charge in [-0.05, 0) is 54.6 Å². The number of anilines is 2. The molecule has 3 aromatic rings. The van der Waals surface area contributed by atoms with Gasteiger partial charge in [-0.3, -0.25) is 9.59 Å². The van der Waals surface area contributed by atoms with Crippen molar-refractivity contribution in [3.63, 3.8) is 0 Å². The quantitative estimate of drug-likeness (QED) is 0.608. The number of halogens is 1. The highest BCUT2D eigenvalue weighted by Crippen LogP contribution is 2.28. The van der Waals surface area contributed by atoms with Gasteiger partial charge in [0.05, 0.1) is 25.5 Å². The first-order valence-corrected chi connectivity index (χ1v) is 9.09. The Bertz CT molecular complexity index is 1040. The fourth-order valence-corrected chi connectivity index (χ4v) is 2.82. The van der Waals surface area contributed by atoms with Gasteiger partial charge in [-0.15, -0.1) is 0 Å². The van der Waals surface area contributed by atoms with Crippen molar-refractivity contribution in [3.05, 3.63) is 82.9 Å². The number of para-hydroxylation sites is 1. The molecule has 0 radical (unpaired) electrons. The van der Waals surface area contributed by atoms with Crippen LogP contribution in [-0.4, -0.2) is 26.0 Å². The third-order valence-electron chi connectivity index (χ3n) is 4.17. The first kappa shape index (κ1) is 20.2. The molecule has 0 unspecified atom stereocenters. The largest absolute Gasteiger partial charge is 0.493 e. The van der Waals surface area contributed by atoms with Gasteiger partial charge in [-0.2, -0.15) is 0 Å². The van der Waals surface area contributed by atoms with E-state index in [0.29, 0.717) is 39.0 Å². The van der Waals surface area contributed by atoms with Crippen molar-refractivity contribution in [2.45, 2.75) is 0 Å². The van der Waals surface area contributed by atoms with Gasteiger partial charge in [0.1, 0.15) is 0 Å². The minimum absolute atomic E-state index is 0.330. The lowest BCUT2D eigenvalue weighted by Gasteiger charge is -2.13. The van der Waals surface area contributed by atoms with Gasteiger partial charge >= 0.3 is 0 Å². The highest BCUT2D eigenvalue weighted by Gasteiger charge is 2.16. The standard InChI is InChI=1S/C22H19ClN2O4/c1-28-19-12-7-14(13-20(19)29-2)21(26)25-18-6-4-3-5-17(18)22(27)24-16-10-8-15(23)9-11-16/h3-13H,1-2H3,(H,24,27)(H,25,26). The van der Waals surface area contributed by atoms with Gasteiger partial charge in [-0.1, -0.05) is 23.7 Å². The average molecular weight is 411 g/mol. The Labute approximate surface area is 173 Å². The van der Waals surface area contributed by atoms with Crippen LogP contribution >= 0.6 is 11.6 Å². The summed E-state index contributed by atoms with van der Waals surface area (Å²) in [5.41, 5.74) is 1.69. The number of ether oxygens (including phenoxy) is 2. The molecule has 0 saturated carbocycles. The molecule has 0 aliphatic carbocycles. The summed E-state index contributed by atoms with van der Waals surface area (Å²) in [7, 11) is 3.02. The van der Waals surface area contributed by atoms with Gasteiger partial charge in [0.2, 0.25) is 0 Å². The lowest BCUT2D eigenvalue weighted by Crippen LogP contribution is -2.18. The third kappa shape index (κ3) is 4.86. The smallest absolute Gasteiger partial charge is 0.257 e. The molecule has 0 fully saturated rings. The van der Waals surface area contributed by atoms with Crippen LogP contribution in [0.4, 0.5) is 11.4 Å². The summed E-state index contributed by atoms with van der Waals surface area (Å²) in [6.45, 7) is 0. The molecule has 0 saturated heterocycles. The van der Waals surface area contributed by atoms with Crippen molar-refractivity contribution in [1.29, 1.82) is 0 Å². The van der Waals surface area contributed by atoms with Crippen molar-refractivity contribution in [1.82, 2.24) is 0 Å². The van der Waals surface area contributed by atoms with E-state index >= 15 is 0 Å². The van der Waals surface area contributed by atoms with E-state index in [9.17, 15) is 9.59 Å². The summed E-state index contributed by atoms with van der Waals surface area (Å²) < 4.78 is 10.4. The predicted octanol–water partition coefficient (Wildman–Crippen LogP) is 4.86. The first-order valence-electron chi connectivity index (χ1n) is 8.71. The molecular weight excluding hydrogens is 392 g/mol. The molecule has 0 bridgehead atoms. The first-order chi connectivity index (χ1) is 14.0. The van der Waals surface area contributed by atoms with Crippen LogP contribution < -0.4 is 20.1 Å². The highest BCUT2D eigenvalue weighted by atomic mass is 35.5. The number of nitrogens with one attached hydrogen (secondary N) is 2. The summed E-state index contributed by atoms with van der Waals surface area (Å²) in [5.74, 6) is 0.230. The molecule has 2 amide bonds. The van der Waals surface area contributed by atoms with E-state index in [2.05, 4.69) is 10.6 Å². The van der Waals surface area contributed by atoms with E-state index < -0.39 is 0 Å². The van der Waals surface area contributed by atoms with Gasteiger partial charge in [0.15, 0.2) is 11.5 Å². The van der Waals surface area contributed by atoms with Crippen LogP contribution in [0.1, 0.15) is 20.7 Å². The maximum Gasteiger partial charge on any atom is 0.257 e. The molecule has 3 aromatic carbocycles. The Morgan fingerprint density at radius 3 is 2.17 bits per heavy atom. The Hall–Kier alpha value is -3.51. The second-order valence-electron chi connectivity index (χ2n) is 6.03. The Morgan fingerprint density at radius 1 is 0.793 bits per heavy atom. The number of carbonyl (C=O) groups is 2. The summed E-state index contributed by atoms with van der Waals surface area (Å²) in [6.07, 6.45) is 0. The molecule has 0 spiro atoms. The molecule has 0 atom stereocenters. The lowest BCUT2D eigenvalue weighted by atomic mass is 10.1. The Kier molecular flexibility index (Phi) is 6.36. The molecular formula is C22H19ClN2O4. The van der Waals surface area contributed by atoms with Crippen molar-refractivity contribution >= 4 is 34.8 Å². The molecule has 2 N–H and O–H groups in total. The number of carbonyl (C=O) groups excluding carboxylic acids is 2. The number of benzene rings is 3. The number of amides is 2. The molecule has 29 heavy (non-hydrogen) atoms. The zero-order valence-corrected chi connectivity index (χ0v) is 16.6. The van der Waals surface area contributed by atoms with Gasteiger partial charge in [0.25, 0.3) is 11.8 Å². The van der Waals surface area contributed by atoms with E-state index in [1.165, 1.54) is 14.2 Å². The molecule has 0 aliphatic heterocycles. The Morgan fingerprint density at radius 2 is 1.48 bits per heavy atom. The van der Waals surface area contributed by atoms with Gasteiger partial charge < -0.3 is 20.1 Å². The van der Waals surface area contributed by atoms with Crippen LogP contribution in [-0.2, 0) is 0 Å².